The van der Waals surface area contributed by atoms with E-state index in [4.69, 9.17) is 5.11 Å². The van der Waals surface area contributed by atoms with E-state index in [0.717, 1.165) is 30.4 Å². The summed E-state index contributed by atoms with van der Waals surface area (Å²) in [7, 11) is 0. The summed E-state index contributed by atoms with van der Waals surface area (Å²) >= 11 is 0. The molecule has 0 saturated carbocycles. The number of likely N-dealkylation sites (tertiary alicyclic amines) is 1. The Morgan fingerprint density at radius 2 is 2.14 bits per heavy atom. The fraction of sp³-hybridized carbons (Fsp3) is 0.500. The average molecular weight is 285 g/mol. The lowest BCUT2D eigenvalue weighted by atomic mass is 10.0. The fourth-order valence-corrected chi connectivity index (χ4v) is 3.11. The van der Waals surface area contributed by atoms with Crippen LogP contribution in [0.15, 0.2) is 18.2 Å². The van der Waals surface area contributed by atoms with E-state index in [1.54, 1.807) is 0 Å². The van der Waals surface area contributed by atoms with E-state index in [1.807, 2.05) is 30.0 Å². The molecular weight excluding hydrogens is 262 g/mol. The van der Waals surface area contributed by atoms with E-state index >= 15 is 0 Å². The number of hydrogen-bond acceptors (Lipinski definition) is 2. The normalized spacial score (nSPS) is 21.0. The Bertz CT molecular complexity index is 583. The molecule has 112 valence electrons. The minimum atomic E-state index is -0.168. The van der Waals surface area contributed by atoms with Crippen molar-refractivity contribution >= 4 is 5.91 Å². The molecule has 3 nitrogen and oxygen atoms in total. The first-order valence-electron chi connectivity index (χ1n) is 7.61. The molecule has 2 rings (SSSR count). The van der Waals surface area contributed by atoms with Gasteiger partial charge in [0.25, 0.3) is 5.91 Å². The number of carbonyl (C=O) groups is 1. The first-order valence-corrected chi connectivity index (χ1v) is 7.61. The van der Waals surface area contributed by atoms with Crippen LogP contribution in [-0.4, -0.2) is 34.6 Å². The molecule has 1 fully saturated rings. The van der Waals surface area contributed by atoms with Crippen LogP contribution in [0.4, 0.5) is 0 Å². The Morgan fingerprint density at radius 3 is 2.81 bits per heavy atom. The van der Waals surface area contributed by atoms with E-state index in [0.29, 0.717) is 17.6 Å². The molecule has 3 heteroatoms. The smallest absolute Gasteiger partial charge is 0.254 e. The highest BCUT2D eigenvalue weighted by Gasteiger charge is 2.33. The maximum Gasteiger partial charge on any atom is 0.254 e. The summed E-state index contributed by atoms with van der Waals surface area (Å²) in [5.74, 6) is 5.62. The van der Waals surface area contributed by atoms with Gasteiger partial charge in [0.2, 0.25) is 0 Å². The van der Waals surface area contributed by atoms with Gasteiger partial charge < -0.3 is 10.0 Å². The van der Waals surface area contributed by atoms with Crippen LogP contribution < -0.4 is 0 Å². The van der Waals surface area contributed by atoms with Crippen molar-refractivity contribution in [3.05, 3.63) is 34.9 Å². The molecule has 0 aliphatic carbocycles. The van der Waals surface area contributed by atoms with Gasteiger partial charge in [-0.05, 0) is 56.9 Å². The van der Waals surface area contributed by atoms with Crippen molar-refractivity contribution in [2.24, 2.45) is 0 Å². The van der Waals surface area contributed by atoms with Crippen LogP contribution in [0.25, 0.3) is 0 Å². The van der Waals surface area contributed by atoms with Crippen LogP contribution in [-0.2, 0) is 0 Å². The van der Waals surface area contributed by atoms with E-state index in [1.165, 1.54) is 0 Å². The third-order valence-electron chi connectivity index (χ3n) is 4.13. The summed E-state index contributed by atoms with van der Waals surface area (Å²) < 4.78 is 0. The number of hydrogen-bond donors (Lipinski definition) is 1. The number of aryl methyl sites for hydroxylation is 1. The van der Waals surface area contributed by atoms with E-state index in [9.17, 15) is 4.79 Å². The molecule has 0 aromatic heterocycles. The summed E-state index contributed by atoms with van der Waals surface area (Å²) in [6.45, 7) is 6.05. The lowest BCUT2D eigenvalue weighted by molar-refractivity contribution is 0.0676. The number of aliphatic hydroxyl groups is 1. The highest BCUT2D eigenvalue weighted by Crippen LogP contribution is 2.28. The molecule has 0 bridgehead atoms. The molecule has 1 amide bonds. The zero-order chi connectivity index (χ0) is 15.4. The number of amides is 1. The lowest BCUT2D eigenvalue weighted by Gasteiger charge is -2.28. The number of aliphatic hydroxyl groups excluding tert-OH is 1. The molecule has 1 aliphatic heterocycles. The molecule has 21 heavy (non-hydrogen) atoms. The summed E-state index contributed by atoms with van der Waals surface area (Å²) in [5.41, 5.74) is 2.50. The van der Waals surface area contributed by atoms with Crippen molar-refractivity contribution in [3.8, 4) is 11.8 Å². The topological polar surface area (TPSA) is 40.5 Å². The van der Waals surface area contributed by atoms with Crippen LogP contribution >= 0.6 is 0 Å². The summed E-state index contributed by atoms with van der Waals surface area (Å²) in [4.78, 5) is 14.9. The summed E-state index contributed by atoms with van der Waals surface area (Å²) in [6, 6.07) is 6.33. The van der Waals surface area contributed by atoms with Crippen LogP contribution in [0.3, 0.4) is 0 Å². The van der Waals surface area contributed by atoms with Gasteiger partial charge in [-0.25, -0.2) is 0 Å². The molecular formula is C18H23NO2. The van der Waals surface area contributed by atoms with Gasteiger partial charge in [0, 0.05) is 23.2 Å². The highest BCUT2D eigenvalue weighted by atomic mass is 16.2. The molecule has 1 heterocycles. The summed E-state index contributed by atoms with van der Waals surface area (Å²) in [6.07, 6.45) is 3.17. The van der Waals surface area contributed by atoms with Gasteiger partial charge in [-0.3, -0.25) is 4.79 Å². The number of carbonyl (C=O) groups excluding carboxylic acids is 1. The van der Waals surface area contributed by atoms with Gasteiger partial charge in [0.1, 0.15) is 6.61 Å². The first kappa shape index (κ1) is 15.6. The third-order valence-corrected chi connectivity index (χ3v) is 4.13. The Kier molecular flexibility index (Phi) is 5.03. The van der Waals surface area contributed by atoms with Gasteiger partial charge in [0.05, 0.1) is 0 Å². The van der Waals surface area contributed by atoms with Crippen molar-refractivity contribution in [1.29, 1.82) is 0 Å². The molecule has 1 aliphatic rings. The van der Waals surface area contributed by atoms with Crippen molar-refractivity contribution in [3.63, 3.8) is 0 Å². The Hall–Kier alpha value is -1.79. The van der Waals surface area contributed by atoms with E-state index in [2.05, 4.69) is 25.7 Å². The van der Waals surface area contributed by atoms with Crippen molar-refractivity contribution in [2.45, 2.75) is 52.1 Å². The van der Waals surface area contributed by atoms with E-state index in [-0.39, 0.29) is 12.5 Å². The molecule has 1 aromatic carbocycles. The molecule has 2 unspecified atom stereocenters. The second kappa shape index (κ2) is 6.78. The molecule has 1 N–H and O–H groups in total. The highest BCUT2D eigenvalue weighted by molar-refractivity contribution is 5.95. The number of nitrogens with zero attached hydrogens (tertiary/aromatic N) is 1. The molecule has 0 spiro atoms. The SMILES string of the molecule is CCC1CCC(C)N1C(=O)c1cc(C)cc(C#CCO)c1. The monoisotopic (exact) mass is 285 g/mol. The molecule has 1 aromatic rings. The van der Waals surface area contributed by atoms with E-state index < -0.39 is 0 Å². The summed E-state index contributed by atoms with van der Waals surface area (Å²) in [5, 5.41) is 8.80. The first-order chi connectivity index (χ1) is 10.1. The Balaban J connectivity index is 2.32. The quantitative estimate of drug-likeness (QED) is 0.849. The van der Waals surface area contributed by atoms with Crippen molar-refractivity contribution < 1.29 is 9.90 Å². The zero-order valence-electron chi connectivity index (χ0n) is 13.0. The van der Waals surface area contributed by atoms with Gasteiger partial charge in [0.15, 0.2) is 0 Å². The predicted octanol–water partition coefficient (Wildman–Crippen LogP) is 2.74. The van der Waals surface area contributed by atoms with Crippen LogP contribution in [0, 0.1) is 18.8 Å². The average Bonchev–Trinajstić information content (AvgIpc) is 2.84. The van der Waals surface area contributed by atoms with Gasteiger partial charge in [-0.15, -0.1) is 0 Å². The maximum atomic E-state index is 12.8. The van der Waals surface area contributed by atoms with Crippen LogP contribution in [0.2, 0.25) is 0 Å². The Morgan fingerprint density at radius 1 is 1.38 bits per heavy atom. The van der Waals surface area contributed by atoms with Crippen molar-refractivity contribution in [1.82, 2.24) is 4.90 Å². The number of benzene rings is 1. The zero-order valence-corrected chi connectivity index (χ0v) is 13.0. The number of rotatable bonds is 2. The van der Waals surface area contributed by atoms with Crippen molar-refractivity contribution in [2.75, 3.05) is 6.61 Å². The van der Waals surface area contributed by atoms with Crippen LogP contribution in [0.5, 0.6) is 0 Å². The standard InChI is InChI=1S/C18H23NO2/c1-4-17-8-7-14(3)19(17)18(21)16-11-13(2)10-15(12-16)6-5-9-20/h10-12,14,17,20H,4,7-9H2,1-3H3. The fourth-order valence-electron chi connectivity index (χ4n) is 3.11. The van der Waals surface area contributed by atoms with Gasteiger partial charge in [-0.2, -0.15) is 0 Å². The third kappa shape index (κ3) is 3.46. The second-order valence-corrected chi connectivity index (χ2v) is 5.75. The van der Waals surface area contributed by atoms with Gasteiger partial charge in [-0.1, -0.05) is 18.8 Å². The molecule has 0 radical (unpaired) electrons. The maximum absolute atomic E-state index is 12.8. The lowest BCUT2D eigenvalue weighted by Crippen LogP contribution is -2.39. The molecule has 1 saturated heterocycles. The Labute approximate surface area is 127 Å². The second-order valence-electron chi connectivity index (χ2n) is 5.75. The predicted molar refractivity (Wildman–Crippen MR) is 84.1 cm³/mol. The minimum absolute atomic E-state index is 0.0996. The van der Waals surface area contributed by atoms with Crippen LogP contribution in [0.1, 0.15) is 54.6 Å². The molecule has 2 atom stereocenters. The minimum Gasteiger partial charge on any atom is -0.384 e. The largest absolute Gasteiger partial charge is 0.384 e. The van der Waals surface area contributed by atoms with Gasteiger partial charge >= 0.3 is 0 Å².